The molecule has 0 aromatic rings. The predicted octanol–water partition coefficient (Wildman–Crippen LogP) is 3.19. The first-order chi connectivity index (χ1) is 4.46. The van der Waals surface area contributed by atoms with Gasteiger partial charge in [-0.15, -0.1) is 0 Å². The van der Waals surface area contributed by atoms with Crippen molar-refractivity contribution in [1.82, 2.24) is 0 Å². The molecule has 0 fully saturated rings. The van der Waals surface area contributed by atoms with Crippen molar-refractivity contribution in [3.05, 3.63) is 0 Å². The lowest BCUT2D eigenvalue weighted by Gasteiger charge is -1.57. The van der Waals surface area contributed by atoms with Crippen LogP contribution in [0.4, 0.5) is 0 Å². The summed E-state index contributed by atoms with van der Waals surface area (Å²) in [4.78, 5) is 8.00. The van der Waals surface area contributed by atoms with E-state index in [4.69, 9.17) is 65.1 Å². The summed E-state index contributed by atoms with van der Waals surface area (Å²) in [6, 6.07) is 0. The lowest BCUT2D eigenvalue weighted by Crippen LogP contribution is -1.66. The first kappa shape index (κ1) is 18.3. The molecule has 0 bridgehead atoms. The zero-order valence-corrected chi connectivity index (χ0v) is 11.4. The molecule has 0 atom stereocenters. The Kier molecular flexibility index (Phi) is 32.1. The molecule has 10 heavy (non-hydrogen) atoms. The average Bonchev–Trinajstić information content (AvgIpc) is 1.66. The van der Waals surface area contributed by atoms with Gasteiger partial charge in [-0.2, -0.15) is 0 Å². The van der Waals surface area contributed by atoms with Crippen molar-refractivity contribution in [3.8, 4) is 0 Å². The van der Waals surface area contributed by atoms with Crippen molar-refractivity contribution in [2.45, 2.75) is 0 Å². The molecular weight excluding hydrogens is 295 g/mol. The lowest BCUT2D eigenvalue weighted by molar-refractivity contribution is -0.0979. The first-order valence-corrected chi connectivity index (χ1v) is 12.1. The Bertz CT molecular complexity index is 39.5. The second-order valence-electron chi connectivity index (χ2n) is 0.495. The van der Waals surface area contributed by atoms with Crippen LogP contribution in [0.3, 0.4) is 0 Å². The predicted molar refractivity (Wildman–Crippen MR) is 53.7 cm³/mol. The third-order valence-corrected chi connectivity index (χ3v) is 0. The van der Waals surface area contributed by atoms with Gasteiger partial charge in [0.25, 0.3) is 0 Å². The van der Waals surface area contributed by atoms with Crippen molar-refractivity contribution in [3.63, 3.8) is 0 Å². The van der Waals surface area contributed by atoms with Crippen LogP contribution in [0.2, 0.25) is 0 Å². The Hall–Kier alpha value is 2.47. The highest BCUT2D eigenvalue weighted by molar-refractivity contribution is 7.54. The minimum Gasteiger partial charge on any atom is -0.307 e. The molecule has 0 saturated heterocycles. The summed E-state index contributed by atoms with van der Waals surface area (Å²) in [5, 5.41) is 0. The highest BCUT2D eigenvalue weighted by atomic mass is 35.8. The summed E-state index contributed by atoms with van der Waals surface area (Å²) >= 11 is -3.44. The van der Waals surface area contributed by atoms with E-state index in [2.05, 4.69) is 0 Å². The minimum atomic E-state index is -1.72. The van der Waals surface area contributed by atoms with Crippen molar-refractivity contribution < 1.29 is 4.79 Å². The maximum absolute atomic E-state index is 8.00. The van der Waals surface area contributed by atoms with E-state index in [1.807, 2.05) is 6.79 Å². The van der Waals surface area contributed by atoms with Gasteiger partial charge >= 0.3 is 22.8 Å². The van der Waals surface area contributed by atoms with Crippen LogP contribution in [-0.4, -0.2) is 29.6 Å². The Balaban J connectivity index is -0.0000000787. The topological polar surface area (TPSA) is 17.1 Å². The average molecular weight is 297 g/mol. The van der Waals surface area contributed by atoms with Gasteiger partial charge in [0.1, 0.15) is 6.79 Å². The molecular formula is CH2Al2Cl6O. The molecule has 0 aliphatic heterocycles. The van der Waals surface area contributed by atoms with Crippen LogP contribution in [0.25, 0.3) is 0 Å². The van der Waals surface area contributed by atoms with E-state index in [-0.39, 0.29) is 0 Å². The number of hydrogen-bond donors (Lipinski definition) is 0. The monoisotopic (exact) mass is 294 g/mol. The molecule has 0 spiro atoms. The maximum atomic E-state index is 8.00. The van der Waals surface area contributed by atoms with Gasteiger partial charge in [-0.1, -0.05) is 0 Å². The Morgan fingerprint density at radius 3 is 0.700 bits per heavy atom. The zero-order valence-electron chi connectivity index (χ0n) is 4.54. The molecule has 0 saturated carbocycles. The summed E-state index contributed by atoms with van der Waals surface area (Å²) in [5.74, 6) is 0. The van der Waals surface area contributed by atoms with Gasteiger partial charge in [0.15, 0.2) is 0 Å². The summed E-state index contributed by atoms with van der Waals surface area (Å²) in [7, 11) is 29.7. The van der Waals surface area contributed by atoms with Gasteiger partial charge in [0.05, 0.1) is 0 Å². The lowest BCUT2D eigenvalue weighted by atomic mass is 11.9. The van der Waals surface area contributed by atoms with E-state index < -0.39 is 22.8 Å². The molecule has 0 aliphatic rings. The standard InChI is InChI=1S/CH2O.2Al.6ClH/c1-2;;;;;;;;/h1H2;;;6*1H/q;2*+3;;;;;;/p-6. The molecule has 0 N–H and O–H groups in total. The van der Waals surface area contributed by atoms with Crippen LogP contribution < -0.4 is 0 Å². The molecule has 0 radical (unpaired) electrons. The van der Waals surface area contributed by atoms with Gasteiger partial charge in [-0.05, 0) is 0 Å². The molecule has 0 aromatic carbocycles. The highest BCUT2D eigenvalue weighted by Crippen LogP contribution is 1.97. The third kappa shape index (κ3) is 154. The van der Waals surface area contributed by atoms with Crippen LogP contribution >= 0.6 is 60.3 Å². The quantitative estimate of drug-likeness (QED) is 0.628. The molecule has 0 aromatic heterocycles. The van der Waals surface area contributed by atoms with Gasteiger partial charge < -0.3 is 4.79 Å². The number of hydrogen-bond acceptors (Lipinski definition) is 1. The van der Waals surface area contributed by atoms with Crippen LogP contribution in [-0.2, 0) is 4.79 Å². The number of halogens is 6. The molecule has 1 nitrogen and oxygen atoms in total. The minimum absolute atomic E-state index is 1.72. The molecule has 0 heterocycles. The third-order valence-electron chi connectivity index (χ3n) is 0. The SMILES string of the molecule is C=O.[Cl][Al]([Cl])[Cl].[Cl][Al]([Cl])[Cl]. The number of carbonyl (C=O) groups excluding carboxylic acids is 1. The van der Waals surface area contributed by atoms with E-state index in [1.54, 1.807) is 0 Å². The van der Waals surface area contributed by atoms with Crippen molar-refractivity contribution in [1.29, 1.82) is 0 Å². The summed E-state index contributed by atoms with van der Waals surface area (Å²) < 4.78 is 0. The largest absolute Gasteiger partial charge is 0.643 e. The maximum Gasteiger partial charge on any atom is 0.643 e. The summed E-state index contributed by atoms with van der Waals surface area (Å²) in [6.07, 6.45) is 0. The highest BCUT2D eigenvalue weighted by Gasteiger charge is 2.00. The molecule has 0 amide bonds. The van der Waals surface area contributed by atoms with Crippen molar-refractivity contribution in [2.24, 2.45) is 0 Å². The normalized spacial score (nSPS) is 5.80. The number of rotatable bonds is 0. The second kappa shape index (κ2) is 17.5. The van der Waals surface area contributed by atoms with Gasteiger partial charge in [-0.25, -0.2) is 60.3 Å². The van der Waals surface area contributed by atoms with E-state index in [1.165, 1.54) is 0 Å². The van der Waals surface area contributed by atoms with Crippen LogP contribution in [0, 0.1) is 0 Å². The van der Waals surface area contributed by atoms with Gasteiger partial charge in [-0.3, -0.25) is 0 Å². The molecule has 0 rings (SSSR count). The van der Waals surface area contributed by atoms with Crippen LogP contribution in [0.1, 0.15) is 0 Å². The summed E-state index contributed by atoms with van der Waals surface area (Å²) in [6.45, 7) is 2.00. The zero-order chi connectivity index (χ0) is 9.15. The van der Waals surface area contributed by atoms with Crippen molar-refractivity contribution >= 4 is 89.9 Å². The van der Waals surface area contributed by atoms with Crippen LogP contribution in [0.5, 0.6) is 0 Å². The molecule has 0 unspecified atom stereocenters. The van der Waals surface area contributed by atoms with E-state index >= 15 is 0 Å². The molecule has 60 valence electrons. The Morgan fingerprint density at radius 1 is 0.700 bits per heavy atom. The fraction of sp³-hybridized carbons (Fsp3) is 0. The Labute approximate surface area is 93.5 Å². The second-order valence-corrected chi connectivity index (χ2v) is 13.4. The Morgan fingerprint density at radius 2 is 0.700 bits per heavy atom. The molecule has 0 aliphatic carbocycles. The number of carbonyl (C=O) groups is 1. The fourth-order valence-corrected chi connectivity index (χ4v) is 0. The van der Waals surface area contributed by atoms with E-state index in [0.29, 0.717) is 0 Å². The smallest absolute Gasteiger partial charge is 0.307 e. The summed E-state index contributed by atoms with van der Waals surface area (Å²) in [5.41, 5.74) is 0. The van der Waals surface area contributed by atoms with Gasteiger partial charge in [0, 0.05) is 0 Å². The van der Waals surface area contributed by atoms with E-state index in [0.717, 1.165) is 0 Å². The van der Waals surface area contributed by atoms with Crippen molar-refractivity contribution in [2.75, 3.05) is 0 Å². The fourth-order valence-electron chi connectivity index (χ4n) is 0. The van der Waals surface area contributed by atoms with Crippen LogP contribution in [0.15, 0.2) is 0 Å². The van der Waals surface area contributed by atoms with Gasteiger partial charge in [0.2, 0.25) is 0 Å². The van der Waals surface area contributed by atoms with E-state index in [9.17, 15) is 0 Å². The molecule has 9 heteroatoms. The first-order valence-electron chi connectivity index (χ1n) is 1.60.